The van der Waals surface area contributed by atoms with Crippen LogP contribution in [0.25, 0.3) is 0 Å². The van der Waals surface area contributed by atoms with Crippen LogP contribution in [0.5, 0.6) is 0 Å². The van der Waals surface area contributed by atoms with Crippen LogP contribution in [0, 0.1) is 6.92 Å². The molecule has 86 valence electrons. The first-order valence-electron chi connectivity index (χ1n) is 4.87. The molecule has 2 nitrogen and oxygen atoms in total. The molecule has 0 radical (unpaired) electrons. The number of benzene rings is 1. The average Bonchev–Trinajstić information content (AvgIpc) is 2.25. The highest BCUT2D eigenvalue weighted by Gasteiger charge is 2.02. The second-order valence-corrected chi connectivity index (χ2v) is 5.57. The van der Waals surface area contributed by atoms with Crippen LogP contribution in [-0.2, 0) is 4.79 Å². The Morgan fingerprint density at radius 3 is 2.62 bits per heavy atom. The number of amides is 1. The SMILES string of the molecule is C=C(Br)CNC(=O)CSc1ccc(C)cc1. The lowest BCUT2D eigenvalue weighted by atomic mass is 10.2. The van der Waals surface area contributed by atoms with Crippen molar-refractivity contribution in [3.8, 4) is 0 Å². The van der Waals surface area contributed by atoms with Crippen molar-refractivity contribution in [1.82, 2.24) is 5.32 Å². The molecule has 0 aliphatic carbocycles. The van der Waals surface area contributed by atoms with E-state index in [1.807, 2.05) is 31.2 Å². The monoisotopic (exact) mass is 299 g/mol. The molecule has 1 N–H and O–H groups in total. The van der Waals surface area contributed by atoms with E-state index >= 15 is 0 Å². The Labute approximate surface area is 109 Å². The highest BCUT2D eigenvalue weighted by atomic mass is 79.9. The Morgan fingerprint density at radius 1 is 1.44 bits per heavy atom. The quantitative estimate of drug-likeness (QED) is 0.847. The zero-order chi connectivity index (χ0) is 12.0. The highest BCUT2D eigenvalue weighted by molar-refractivity contribution is 9.11. The number of thioether (sulfide) groups is 1. The molecule has 1 aromatic carbocycles. The third-order valence-electron chi connectivity index (χ3n) is 1.87. The molecule has 1 aromatic rings. The molecule has 0 bridgehead atoms. The number of carbonyl (C=O) groups is 1. The third kappa shape index (κ3) is 5.37. The van der Waals surface area contributed by atoms with Crippen molar-refractivity contribution in [2.45, 2.75) is 11.8 Å². The van der Waals surface area contributed by atoms with E-state index < -0.39 is 0 Å². The van der Waals surface area contributed by atoms with Gasteiger partial charge in [-0.25, -0.2) is 0 Å². The molecule has 0 spiro atoms. The van der Waals surface area contributed by atoms with Gasteiger partial charge in [0.2, 0.25) is 5.91 Å². The van der Waals surface area contributed by atoms with E-state index in [1.54, 1.807) is 0 Å². The first-order chi connectivity index (χ1) is 7.58. The summed E-state index contributed by atoms with van der Waals surface area (Å²) in [5.41, 5.74) is 1.23. The molecule has 0 heterocycles. The number of carbonyl (C=O) groups excluding carboxylic acids is 1. The van der Waals surface area contributed by atoms with Crippen LogP contribution in [0.3, 0.4) is 0 Å². The molecule has 0 atom stereocenters. The molecule has 0 saturated heterocycles. The molecule has 0 unspecified atom stereocenters. The van der Waals surface area contributed by atoms with Gasteiger partial charge in [0.1, 0.15) is 0 Å². The zero-order valence-corrected chi connectivity index (χ0v) is 11.5. The lowest BCUT2D eigenvalue weighted by molar-refractivity contribution is -0.118. The van der Waals surface area contributed by atoms with E-state index in [9.17, 15) is 4.79 Å². The van der Waals surface area contributed by atoms with Crippen LogP contribution >= 0.6 is 27.7 Å². The summed E-state index contributed by atoms with van der Waals surface area (Å²) >= 11 is 4.72. The maximum Gasteiger partial charge on any atom is 0.230 e. The highest BCUT2D eigenvalue weighted by Crippen LogP contribution is 2.17. The molecule has 0 aromatic heterocycles. The van der Waals surface area contributed by atoms with Gasteiger partial charge in [-0.15, -0.1) is 11.8 Å². The molecule has 0 aliphatic heterocycles. The number of hydrogen-bond donors (Lipinski definition) is 1. The molecule has 1 amide bonds. The molecule has 0 fully saturated rings. The van der Waals surface area contributed by atoms with E-state index in [0.29, 0.717) is 12.3 Å². The van der Waals surface area contributed by atoms with Gasteiger partial charge in [-0.05, 0) is 19.1 Å². The summed E-state index contributed by atoms with van der Waals surface area (Å²) in [6, 6.07) is 8.13. The van der Waals surface area contributed by atoms with E-state index in [2.05, 4.69) is 27.8 Å². The van der Waals surface area contributed by atoms with Gasteiger partial charge in [0.05, 0.1) is 5.75 Å². The van der Waals surface area contributed by atoms with Gasteiger partial charge in [0, 0.05) is 15.9 Å². The van der Waals surface area contributed by atoms with E-state index in [-0.39, 0.29) is 5.91 Å². The summed E-state index contributed by atoms with van der Waals surface area (Å²) < 4.78 is 0.779. The molecule has 4 heteroatoms. The van der Waals surface area contributed by atoms with E-state index in [0.717, 1.165) is 9.38 Å². The van der Waals surface area contributed by atoms with Crippen LogP contribution in [0.2, 0.25) is 0 Å². The Balaban J connectivity index is 2.31. The summed E-state index contributed by atoms with van der Waals surface area (Å²) in [5.74, 6) is 0.453. The van der Waals surface area contributed by atoms with Gasteiger partial charge in [0.15, 0.2) is 0 Å². The van der Waals surface area contributed by atoms with Crippen LogP contribution < -0.4 is 5.32 Å². The maximum absolute atomic E-state index is 11.4. The number of hydrogen-bond acceptors (Lipinski definition) is 2. The van der Waals surface area contributed by atoms with Crippen LogP contribution in [-0.4, -0.2) is 18.2 Å². The lowest BCUT2D eigenvalue weighted by Gasteiger charge is -2.04. The number of nitrogens with one attached hydrogen (secondary N) is 1. The smallest absolute Gasteiger partial charge is 0.230 e. The van der Waals surface area contributed by atoms with Crippen molar-refractivity contribution >= 4 is 33.6 Å². The first kappa shape index (κ1) is 13.3. The standard InChI is InChI=1S/C12H14BrNOS/c1-9-3-5-11(6-4-9)16-8-12(15)14-7-10(2)13/h3-6H,2,7-8H2,1H3,(H,14,15). The zero-order valence-electron chi connectivity index (χ0n) is 9.13. The fraction of sp³-hybridized carbons (Fsp3) is 0.250. The predicted molar refractivity (Wildman–Crippen MR) is 73.0 cm³/mol. The van der Waals surface area contributed by atoms with Crippen molar-refractivity contribution < 1.29 is 4.79 Å². The Kier molecular flexibility index (Phi) is 5.63. The number of halogens is 1. The van der Waals surface area contributed by atoms with Crippen molar-refractivity contribution in [2.75, 3.05) is 12.3 Å². The lowest BCUT2D eigenvalue weighted by Crippen LogP contribution is -2.26. The summed E-state index contributed by atoms with van der Waals surface area (Å²) in [4.78, 5) is 12.5. The van der Waals surface area contributed by atoms with Gasteiger partial charge < -0.3 is 5.32 Å². The van der Waals surface area contributed by atoms with Crippen molar-refractivity contribution in [2.24, 2.45) is 0 Å². The van der Waals surface area contributed by atoms with Gasteiger partial charge >= 0.3 is 0 Å². The maximum atomic E-state index is 11.4. The van der Waals surface area contributed by atoms with Crippen molar-refractivity contribution in [3.63, 3.8) is 0 Å². The van der Waals surface area contributed by atoms with Gasteiger partial charge in [0.25, 0.3) is 0 Å². The molecule has 0 saturated carbocycles. The number of aryl methyl sites for hydroxylation is 1. The van der Waals surface area contributed by atoms with Gasteiger partial charge in [-0.1, -0.05) is 40.2 Å². The molecule has 0 aliphatic rings. The first-order valence-corrected chi connectivity index (χ1v) is 6.65. The number of rotatable bonds is 5. The Morgan fingerprint density at radius 2 is 2.06 bits per heavy atom. The van der Waals surface area contributed by atoms with Crippen molar-refractivity contribution in [1.29, 1.82) is 0 Å². The van der Waals surface area contributed by atoms with Crippen LogP contribution in [0.15, 0.2) is 40.2 Å². The molecule has 16 heavy (non-hydrogen) atoms. The third-order valence-corrected chi connectivity index (χ3v) is 3.16. The predicted octanol–water partition coefficient (Wildman–Crippen LogP) is 3.11. The minimum Gasteiger partial charge on any atom is -0.351 e. The van der Waals surface area contributed by atoms with Crippen LogP contribution in [0.1, 0.15) is 5.56 Å². The largest absolute Gasteiger partial charge is 0.351 e. The van der Waals surface area contributed by atoms with Crippen LogP contribution in [0.4, 0.5) is 0 Å². The summed E-state index contributed by atoms with van der Waals surface area (Å²) in [7, 11) is 0. The van der Waals surface area contributed by atoms with E-state index in [4.69, 9.17) is 0 Å². The van der Waals surface area contributed by atoms with Gasteiger partial charge in [-0.2, -0.15) is 0 Å². The molecular formula is C12H14BrNOS. The Bertz CT molecular complexity index is 375. The summed E-state index contributed by atoms with van der Waals surface area (Å²) in [5, 5.41) is 2.76. The summed E-state index contributed by atoms with van der Waals surface area (Å²) in [6.07, 6.45) is 0. The Hall–Kier alpha value is -0.740. The topological polar surface area (TPSA) is 29.1 Å². The van der Waals surface area contributed by atoms with E-state index in [1.165, 1.54) is 17.3 Å². The second kappa shape index (κ2) is 6.76. The average molecular weight is 300 g/mol. The minimum atomic E-state index is 0.0196. The van der Waals surface area contributed by atoms with Gasteiger partial charge in [-0.3, -0.25) is 4.79 Å². The second-order valence-electron chi connectivity index (χ2n) is 3.40. The minimum absolute atomic E-state index is 0.0196. The molecular weight excluding hydrogens is 286 g/mol. The molecule has 1 rings (SSSR count). The van der Waals surface area contributed by atoms with Crippen molar-refractivity contribution in [3.05, 3.63) is 40.9 Å². The normalized spacial score (nSPS) is 9.88. The summed E-state index contributed by atoms with van der Waals surface area (Å²) in [6.45, 7) is 6.17. The fourth-order valence-electron chi connectivity index (χ4n) is 1.03. The fourth-order valence-corrected chi connectivity index (χ4v) is 1.90.